The fourth-order valence-corrected chi connectivity index (χ4v) is 1.87. The first-order chi connectivity index (χ1) is 9.21. The number of aldehydes is 1. The SMILES string of the molecule is C=CN1CCC(C=O)CC1.COc1ccccc1O. The van der Waals surface area contributed by atoms with Gasteiger partial charge in [0.2, 0.25) is 0 Å². The van der Waals surface area contributed by atoms with E-state index in [4.69, 9.17) is 9.84 Å². The topological polar surface area (TPSA) is 49.8 Å². The van der Waals surface area contributed by atoms with Crippen LogP contribution in [0.1, 0.15) is 12.8 Å². The summed E-state index contributed by atoms with van der Waals surface area (Å²) in [4.78, 5) is 12.5. The normalized spacial score (nSPS) is 15.1. The van der Waals surface area contributed by atoms with E-state index in [1.165, 1.54) is 7.11 Å². The van der Waals surface area contributed by atoms with Crippen LogP contribution in [0.2, 0.25) is 0 Å². The number of phenols is 1. The molecule has 0 amide bonds. The highest BCUT2D eigenvalue weighted by Gasteiger charge is 2.15. The molecule has 1 heterocycles. The summed E-state index contributed by atoms with van der Waals surface area (Å²) in [5.41, 5.74) is 0. The molecule has 0 aromatic heterocycles. The molecule has 104 valence electrons. The molecule has 4 heteroatoms. The number of nitrogens with zero attached hydrogens (tertiary/aromatic N) is 1. The molecule has 4 nitrogen and oxygen atoms in total. The van der Waals surface area contributed by atoms with Crippen LogP contribution in [-0.4, -0.2) is 36.5 Å². The third kappa shape index (κ3) is 5.04. The van der Waals surface area contributed by atoms with Gasteiger partial charge in [0, 0.05) is 19.0 Å². The van der Waals surface area contributed by atoms with Crippen LogP contribution in [0.25, 0.3) is 0 Å². The number of hydrogen-bond donors (Lipinski definition) is 1. The molecule has 1 aromatic carbocycles. The summed E-state index contributed by atoms with van der Waals surface area (Å²) in [6.07, 6.45) is 4.91. The average Bonchev–Trinajstić information content (AvgIpc) is 2.48. The molecule has 1 aliphatic rings. The van der Waals surface area contributed by atoms with E-state index < -0.39 is 0 Å². The predicted octanol–water partition coefficient (Wildman–Crippen LogP) is 2.44. The van der Waals surface area contributed by atoms with Crippen LogP contribution in [-0.2, 0) is 4.79 Å². The van der Waals surface area contributed by atoms with Gasteiger partial charge in [0.05, 0.1) is 7.11 Å². The molecule has 1 fully saturated rings. The van der Waals surface area contributed by atoms with E-state index in [-0.39, 0.29) is 5.75 Å². The summed E-state index contributed by atoms with van der Waals surface area (Å²) < 4.78 is 4.79. The van der Waals surface area contributed by atoms with Gasteiger partial charge in [0.25, 0.3) is 0 Å². The van der Waals surface area contributed by atoms with E-state index in [1.807, 2.05) is 6.20 Å². The Labute approximate surface area is 114 Å². The molecule has 1 aromatic rings. The van der Waals surface area contributed by atoms with Crippen molar-refractivity contribution in [1.29, 1.82) is 0 Å². The van der Waals surface area contributed by atoms with Crippen LogP contribution in [0.4, 0.5) is 0 Å². The van der Waals surface area contributed by atoms with Gasteiger partial charge < -0.3 is 19.5 Å². The van der Waals surface area contributed by atoms with Gasteiger partial charge in [-0.3, -0.25) is 0 Å². The second kappa shape index (κ2) is 8.19. The van der Waals surface area contributed by atoms with Crippen molar-refractivity contribution in [2.24, 2.45) is 5.92 Å². The molecule has 1 saturated heterocycles. The second-order valence-electron chi connectivity index (χ2n) is 4.36. The van der Waals surface area contributed by atoms with Crippen molar-refractivity contribution >= 4 is 6.29 Å². The van der Waals surface area contributed by atoms with Gasteiger partial charge >= 0.3 is 0 Å². The van der Waals surface area contributed by atoms with Gasteiger partial charge in [-0.1, -0.05) is 18.7 Å². The van der Waals surface area contributed by atoms with Gasteiger partial charge in [-0.2, -0.15) is 0 Å². The quantitative estimate of drug-likeness (QED) is 0.851. The minimum atomic E-state index is 0.181. The summed E-state index contributed by atoms with van der Waals surface area (Å²) in [7, 11) is 1.52. The first kappa shape index (κ1) is 15.1. The second-order valence-corrected chi connectivity index (χ2v) is 4.36. The van der Waals surface area contributed by atoms with Crippen LogP contribution in [0.15, 0.2) is 37.0 Å². The van der Waals surface area contributed by atoms with Gasteiger partial charge in [-0.25, -0.2) is 0 Å². The molecule has 0 aliphatic carbocycles. The zero-order valence-corrected chi connectivity index (χ0v) is 11.3. The third-order valence-electron chi connectivity index (χ3n) is 3.11. The predicted molar refractivity (Wildman–Crippen MR) is 75.2 cm³/mol. The maximum Gasteiger partial charge on any atom is 0.160 e. The Kier molecular flexibility index (Phi) is 6.50. The molecule has 1 aliphatic heterocycles. The Morgan fingerprint density at radius 3 is 2.42 bits per heavy atom. The standard InChI is InChI=1S/C8H13NO.C7H8O2/c1-2-9-5-3-8(7-10)4-6-9;1-9-7-5-3-2-4-6(7)8/h2,7-8H,1,3-6H2;2-5,8H,1H3. The van der Waals surface area contributed by atoms with Crippen LogP contribution in [0, 0.1) is 5.92 Å². The first-order valence-corrected chi connectivity index (χ1v) is 6.35. The number of carbonyl (C=O) groups is 1. The van der Waals surface area contributed by atoms with Gasteiger partial charge in [0.15, 0.2) is 11.5 Å². The number of benzene rings is 1. The van der Waals surface area contributed by atoms with E-state index in [2.05, 4.69) is 11.5 Å². The van der Waals surface area contributed by atoms with Crippen molar-refractivity contribution in [3.63, 3.8) is 0 Å². The van der Waals surface area contributed by atoms with Crippen molar-refractivity contribution in [3.8, 4) is 11.5 Å². The van der Waals surface area contributed by atoms with Gasteiger partial charge in [-0.05, 0) is 31.2 Å². The molecule has 0 spiro atoms. The molecule has 0 atom stereocenters. The van der Waals surface area contributed by atoms with Crippen LogP contribution < -0.4 is 4.74 Å². The number of aromatic hydroxyl groups is 1. The Hall–Kier alpha value is -1.97. The zero-order valence-electron chi connectivity index (χ0n) is 11.3. The highest BCUT2D eigenvalue weighted by Crippen LogP contribution is 2.23. The molecule has 19 heavy (non-hydrogen) atoms. The van der Waals surface area contributed by atoms with E-state index in [0.717, 1.165) is 32.2 Å². The maximum atomic E-state index is 10.3. The number of ether oxygens (including phenoxy) is 1. The summed E-state index contributed by atoms with van der Waals surface area (Å²) in [6, 6.07) is 6.84. The van der Waals surface area contributed by atoms with E-state index >= 15 is 0 Å². The van der Waals surface area contributed by atoms with Crippen LogP contribution in [0.5, 0.6) is 11.5 Å². The van der Waals surface area contributed by atoms with E-state index in [0.29, 0.717) is 11.7 Å². The molecule has 1 N–H and O–H groups in total. The Balaban J connectivity index is 0.000000191. The summed E-state index contributed by atoms with van der Waals surface area (Å²) in [5.74, 6) is 0.994. The summed E-state index contributed by atoms with van der Waals surface area (Å²) in [6.45, 7) is 5.66. The lowest BCUT2D eigenvalue weighted by atomic mass is 9.99. The fraction of sp³-hybridized carbons (Fsp3) is 0.400. The van der Waals surface area contributed by atoms with Gasteiger partial charge in [-0.15, -0.1) is 0 Å². The Morgan fingerprint density at radius 2 is 2.00 bits per heavy atom. The maximum absolute atomic E-state index is 10.3. The lowest BCUT2D eigenvalue weighted by molar-refractivity contribution is -0.112. The minimum absolute atomic E-state index is 0.181. The molecule has 0 radical (unpaired) electrons. The fourth-order valence-electron chi connectivity index (χ4n) is 1.87. The Bertz CT molecular complexity index is 382. The monoisotopic (exact) mass is 263 g/mol. The van der Waals surface area contributed by atoms with Crippen molar-refractivity contribution in [1.82, 2.24) is 4.90 Å². The van der Waals surface area contributed by atoms with Crippen molar-refractivity contribution < 1.29 is 14.6 Å². The first-order valence-electron chi connectivity index (χ1n) is 6.35. The number of carbonyl (C=O) groups excluding carboxylic acids is 1. The lowest BCUT2D eigenvalue weighted by Gasteiger charge is -2.27. The number of hydrogen-bond acceptors (Lipinski definition) is 4. The average molecular weight is 263 g/mol. The minimum Gasteiger partial charge on any atom is -0.504 e. The zero-order chi connectivity index (χ0) is 14.1. The van der Waals surface area contributed by atoms with Crippen molar-refractivity contribution in [3.05, 3.63) is 37.0 Å². The van der Waals surface area contributed by atoms with Crippen LogP contribution >= 0.6 is 0 Å². The molecule has 2 rings (SSSR count). The van der Waals surface area contributed by atoms with Gasteiger partial charge in [0.1, 0.15) is 6.29 Å². The molecule has 0 unspecified atom stereocenters. The molecular formula is C15H21NO3. The number of para-hydroxylation sites is 2. The Morgan fingerprint density at radius 1 is 1.37 bits per heavy atom. The number of piperidine rings is 1. The molecule has 0 saturated carbocycles. The molecular weight excluding hydrogens is 242 g/mol. The highest BCUT2D eigenvalue weighted by atomic mass is 16.5. The smallest absolute Gasteiger partial charge is 0.160 e. The number of rotatable bonds is 3. The van der Waals surface area contributed by atoms with Crippen molar-refractivity contribution in [2.45, 2.75) is 12.8 Å². The van der Waals surface area contributed by atoms with E-state index in [1.54, 1.807) is 24.3 Å². The molecule has 0 bridgehead atoms. The number of methoxy groups -OCH3 is 1. The highest BCUT2D eigenvalue weighted by molar-refractivity contribution is 5.53. The van der Waals surface area contributed by atoms with Crippen LogP contribution in [0.3, 0.4) is 0 Å². The van der Waals surface area contributed by atoms with E-state index in [9.17, 15) is 4.79 Å². The van der Waals surface area contributed by atoms with Crippen molar-refractivity contribution in [2.75, 3.05) is 20.2 Å². The third-order valence-corrected chi connectivity index (χ3v) is 3.11. The summed E-state index contributed by atoms with van der Waals surface area (Å²) >= 11 is 0. The lowest BCUT2D eigenvalue weighted by Crippen LogP contribution is -2.29. The largest absolute Gasteiger partial charge is 0.504 e. The number of phenolic OH excluding ortho intramolecular Hbond substituents is 1. The number of likely N-dealkylation sites (tertiary alicyclic amines) is 1. The summed E-state index contributed by atoms with van der Waals surface area (Å²) in [5, 5.41) is 8.99.